The summed E-state index contributed by atoms with van der Waals surface area (Å²) < 4.78 is 16.1. The van der Waals surface area contributed by atoms with Gasteiger partial charge in [-0.15, -0.1) is 0 Å². The fourth-order valence-corrected chi connectivity index (χ4v) is 3.78. The number of primary amides is 1. The van der Waals surface area contributed by atoms with Crippen LogP contribution in [0.4, 0.5) is 4.39 Å². The van der Waals surface area contributed by atoms with E-state index in [0.717, 1.165) is 10.2 Å². The quantitative estimate of drug-likeness (QED) is 0.432. The molecule has 0 saturated carbocycles. The lowest BCUT2D eigenvalue weighted by atomic mass is 9.86. The number of aromatic amines is 1. The van der Waals surface area contributed by atoms with Crippen LogP contribution in [0.15, 0.2) is 47.5 Å². The molecule has 9 heteroatoms. The summed E-state index contributed by atoms with van der Waals surface area (Å²) in [4.78, 5) is 31.4. The molecule has 8 nitrogen and oxygen atoms in total. The Morgan fingerprint density at radius 2 is 2.03 bits per heavy atom. The topological polar surface area (TPSA) is 127 Å². The van der Waals surface area contributed by atoms with E-state index >= 15 is 4.39 Å². The van der Waals surface area contributed by atoms with Gasteiger partial charge in [0.15, 0.2) is 5.82 Å². The Balaban J connectivity index is 1.83. The van der Waals surface area contributed by atoms with Gasteiger partial charge in [-0.1, -0.05) is 32.9 Å². The molecular weight excluding hydrogens is 425 g/mol. The number of carbonyl (C=O) groups is 1. The van der Waals surface area contributed by atoms with Gasteiger partial charge in [-0.25, -0.2) is 9.37 Å². The second kappa shape index (κ2) is 8.25. The first kappa shape index (κ1) is 22.3. The zero-order valence-corrected chi connectivity index (χ0v) is 18.5. The monoisotopic (exact) mass is 449 g/mol. The highest BCUT2D eigenvalue weighted by Gasteiger charge is 2.20. The molecule has 33 heavy (non-hydrogen) atoms. The molecule has 0 atom stereocenters. The molecule has 4 rings (SSSR count). The maximum atomic E-state index is 15.0. The second-order valence-corrected chi connectivity index (χ2v) is 8.89. The number of halogens is 1. The molecule has 2 aromatic heterocycles. The van der Waals surface area contributed by atoms with Crippen molar-refractivity contribution >= 4 is 16.7 Å². The van der Waals surface area contributed by atoms with Crippen LogP contribution in [0.3, 0.4) is 0 Å². The minimum absolute atomic E-state index is 0.0317. The largest absolute Gasteiger partial charge is 0.392 e. The van der Waals surface area contributed by atoms with Gasteiger partial charge >= 0.3 is 0 Å². The third-order valence-electron chi connectivity index (χ3n) is 5.58. The van der Waals surface area contributed by atoms with E-state index in [0.29, 0.717) is 27.9 Å². The maximum absolute atomic E-state index is 15.0. The van der Waals surface area contributed by atoms with Crippen molar-refractivity contribution in [1.29, 1.82) is 0 Å². The van der Waals surface area contributed by atoms with Gasteiger partial charge < -0.3 is 15.8 Å². The van der Waals surface area contributed by atoms with Crippen molar-refractivity contribution in [2.45, 2.75) is 39.2 Å². The van der Waals surface area contributed by atoms with Crippen LogP contribution in [0.5, 0.6) is 0 Å². The molecule has 0 fully saturated rings. The molecule has 170 valence electrons. The van der Waals surface area contributed by atoms with Crippen molar-refractivity contribution in [3.05, 3.63) is 87.1 Å². The van der Waals surface area contributed by atoms with Crippen molar-refractivity contribution in [3.63, 3.8) is 0 Å². The normalized spacial score (nSPS) is 11.8. The van der Waals surface area contributed by atoms with E-state index in [-0.39, 0.29) is 29.7 Å². The lowest BCUT2D eigenvalue weighted by molar-refractivity contribution is 0.0991. The minimum atomic E-state index is -0.680. The van der Waals surface area contributed by atoms with Crippen LogP contribution in [0.25, 0.3) is 16.5 Å². The summed E-state index contributed by atoms with van der Waals surface area (Å²) in [6, 6.07) is 8.27. The van der Waals surface area contributed by atoms with Gasteiger partial charge in [0, 0.05) is 23.6 Å². The summed E-state index contributed by atoms with van der Waals surface area (Å²) in [7, 11) is 0. The van der Waals surface area contributed by atoms with Crippen LogP contribution in [-0.2, 0) is 18.4 Å². The first-order valence-electron chi connectivity index (χ1n) is 10.4. The summed E-state index contributed by atoms with van der Waals surface area (Å²) in [5.41, 5.74) is 7.09. The smallest absolute Gasteiger partial charge is 0.284 e. The van der Waals surface area contributed by atoms with Crippen LogP contribution in [-0.4, -0.2) is 30.8 Å². The Morgan fingerprint density at radius 1 is 1.27 bits per heavy atom. The third kappa shape index (κ3) is 4.14. The molecule has 4 aromatic rings. The first-order chi connectivity index (χ1) is 15.6. The molecule has 0 radical (unpaired) electrons. The fraction of sp³-hybridized carbons (Fsp3) is 0.250. The third-order valence-corrected chi connectivity index (χ3v) is 5.58. The van der Waals surface area contributed by atoms with E-state index in [1.54, 1.807) is 30.5 Å². The average Bonchev–Trinajstić information content (AvgIpc) is 3.22. The second-order valence-electron chi connectivity index (χ2n) is 8.89. The first-order valence-corrected chi connectivity index (χ1v) is 10.4. The Morgan fingerprint density at radius 3 is 2.67 bits per heavy atom. The molecule has 2 heterocycles. The molecule has 1 amide bonds. The van der Waals surface area contributed by atoms with Gasteiger partial charge in [-0.2, -0.15) is 9.78 Å². The highest BCUT2D eigenvalue weighted by atomic mass is 19.1. The molecule has 0 saturated heterocycles. The van der Waals surface area contributed by atoms with Gasteiger partial charge in [-0.05, 0) is 34.7 Å². The van der Waals surface area contributed by atoms with Gasteiger partial charge in [0.2, 0.25) is 0 Å². The van der Waals surface area contributed by atoms with E-state index in [2.05, 4.69) is 15.1 Å². The van der Waals surface area contributed by atoms with Crippen LogP contribution in [0.1, 0.15) is 53.8 Å². The highest BCUT2D eigenvalue weighted by molar-refractivity contribution is 5.88. The number of hydrogen-bond donors (Lipinski definition) is 3. The average molecular weight is 449 g/mol. The van der Waals surface area contributed by atoms with E-state index < -0.39 is 17.3 Å². The van der Waals surface area contributed by atoms with E-state index in [9.17, 15) is 14.7 Å². The number of benzene rings is 2. The number of amides is 1. The van der Waals surface area contributed by atoms with Gasteiger partial charge in [0.25, 0.3) is 11.5 Å². The number of nitrogens with one attached hydrogen (secondary N) is 1. The van der Waals surface area contributed by atoms with Crippen molar-refractivity contribution in [2.24, 2.45) is 5.73 Å². The molecular formula is C24H24FN5O3. The highest BCUT2D eigenvalue weighted by Crippen LogP contribution is 2.27. The number of imidazole rings is 1. The summed E-state index contributed by atoms with van der Waals surface area (Å²) in [5, 5.41) is 14.7. The number of nitrogens with zero attached hydrogens (tertiary/aromatic N) is 3. The van der Waals surface area contributed by atoms with Crippen LogP contribution in [0.2, 0.25) is 0 Å². The van der Waals surface area contributed by atoms with Gasteiger partial charge in [-0.3, -0.25) is 9.59 Å². The summed E-state index contributed by atoms with van der Waals surface area (Å²) in [6.45, 7) is 5.52. The van der Waals surface area contributed by atoms with Gasteiger partial charge in [0.05, 0.1) is 29.6 Å². The Hall–Kier alpha value is -3.85. The molecule has 0 unspecified atom stereocenters. The summed E-state index contributed by atoms with van der Waals surface area (Å²) in [5.74, 6) is -1.26. The molecule has 4 N–H and O–H groups in total. The Labute approximate surface area is 188 Å². The van der Waals surface area contributed by atoms with Crippen LogP contribution < -0.4 is 11.3 Å². The number of rotatable bonds is 5. The number of carbonyl (C=O) groups excluding carboxylic acids is 1. The number of aliphatic hydroxyl groups excluding tert-OH is 1. The Bertz CT molecular complexity index is 1430. The SMILES string of the molecule is CC(C)(C)c1cc(F)c2c(=O)n(-c3cccc(Cc4c[nH]c(C(N)=O)n4)c3CO)ncc2c1. The number of aliphatic hydroxyl groups is 1. The zero-order chi connectivity index (χ0) is 23.9. The van der Waals surface area contributed by atoms with E-state index in [1.807, 2.05) is 20.8 Å². The summed E-state index contributed by atoms with van der Waals surface area (Å²) in [6.07, 6.45) is 3.28. The van der Waals surface area contributed by atoms with E-state index in [1.165, 1.54) is 12.3 Å². The maximum Gasteiger partial charge on any atom is 0.284 e. The number of aromatic nitrogens is 4. The molecule has 0 aliphatic heterocycles. The number of nitrogens with two attached hydrogens (primary N) is 1. The standard InChI is InChI=1S/C24H24FN5O3/c1-24(2,3)15-7-14-10-28-30(23(33)20(14)18(25)9-15)19-6-4-5-13(17(19)12-31)8-16-11-27-22(29-16)21(26)32/h4-7,9-11,31H,8,12H2,1-3H3,(H2,26,32)(H,27,29). The van der Waals surface area contributed by atoms with Crippen LogP contribution in [0, 0.1) is 5.82 Å². The fourth-order valence-electron chi connectivity index (χ4n) is 3.78. The molecule has 0 aliphatic carbocycles. The Kier molecular flexibility index (Phi) is 5.59. The predicted octanol–water partition coefficient (Wildman–Crippen LogP) is 2.73. The molecule has 0 aliphatic rings. The summed E-state index contributed by atoms with van der Waals surface area (Å²) >= 11 is 0. The van der Waals surface area contributed by atoms with Crippen molar-refractivity contribution in [1.82, 2.24) is 19.7 Å². The van der Waals surface area contributed by atoms with Gasteiger partial charge in [0.1, 0.15) is 5.82 Å². The molecule has 0 spiro atoms. The van der Waals surface area contributed by atoms with Crippen molar-refractivity contribution < 1.29 is 14.3 Å². The van der Waals surface area contributed by atoms with Crippen molar-refractivity contribution in [3.8, 4) is 5.69 Å². The minimum Gasteiger partial charge on any atom is -0.392 e. The lowest BCUT2D eigenvalue weighted by Crippen LogP contribution is -2.24. The zero-order valence-electron chi connectivity index (χ0n) is 18.5. The number of fused-ring (bicyclic) bond motifs is 1. The van der Waals surface area contributed by atoms with Crippen molar-refractivity contribution in [2.75, 3.05) is 0 Å². The lowest BCUT2D eigenvalue weighted by Gasteiger charge is -2.20. The van der Waals surface area contributed by atoms with Crippen LogP contribution >= 0.6 is 0 Å². The number of hydrogen-bond acceptors (Lipinski definition) is 5. The van der Waals surface area contributed by atoms with E-state index in [4.69, 9.17) is 5.73 Å². The predicted molar refractivity (Wildman–Crippen MR) is 122 cm³/mol. The number of H-pyrrole nitrogens is 1. The molecule has 0 bridgehead atoms. The molecule has 2 aromatic carbocycles.